The van der Waals surface area contributed by atoms with Crippen molar-refractivity contribution in [3.63, 3.8) is 0 Å². The quantitative estimate of drug-likeness (QED) is 0.0956. The maximum atomic E-state index is 13.3. The summed E-state index contributed by atoms with van der Waals surface area (Å²) in [6.45, 7) is 12.9. The molecule has 0 radical (unpaired) electrons. The summed E-state index contributed by atoms with van der Waals surface area (Å²) in [7, 11) is -4.31. The first-order chi connectivity index (χ1) is 36.2. The van der Waals surface area contributed by atoms with Crippen molar-refractivity contribution in [1.82, 2.24) is 19.1 Å². The molecule has 16 nitrogen and oxygen atoms in total. The maximum Gasteiger partial charge on any atom is 0.361 e. The SMILES string of the molecule is Cc1cc(=O)n2c(=O)n1CCCCCCCCCCSc1nc(cc(C)[n+]1C)NCCCCCNc1cc(C)[n+](C)c(n1)SCCCCCCCCCC2.Cc1ccc(S(=O)(=O)[O-])cc1.Cc1ccc(S(=O)(=O)[O-])cc1. The van der Waals surface area contributed by atoms with E-state index in [4.69, 9.17) is 9.97 Å². The zero-order valence-corrected chi connectivity index (χ0v) is 49.4. The Morgan fingerprint density at radius 2 is 0.829 bits per heavy atom. The first-order valence-corrected chi connectivity index (χ1v) is 31.9. The molecule has 6 rings (SSSR count). The number of aromatic nitrogens is 6. The molecule has 3 aromatic heterocycles. The third kappa shape index (κ3) is 23.6. The van der Waals surface area contributed by atoms with Crippen molar-refractivity contribution in [2.75, 3.05) is 35.2 Å². The Morgan fingerprint density at radius 3 is 1.21 bits per heavy atom. The van der Waals surface area contributed by atoms with Gasteiger partial charge in [-0.3, -0.25) is 13.9 Å². The van der Waals surface area contributed by atoms with Crippen molar-refractivity contribution in [3.8, 4) is 0 Å². The van der Waals surface area contributed by atoms with E-state index in [0.29, 0.717) is 13.1 Å². The molecule has 0 amide bonds. The first kappa shape index (κ1) is 63.9. The summed E-state index contributed by atoms with van der Waals surface area (Å²) >= 11 is 3.72. The number of anilines is 2. The second-order valence-electron chi connectivity index (χ2n) is 19.8. The molecular weight excluding hydrogens is 1040 g/mol. The van der Waals surface area contributed by atoms with E-state index < -0.39 is 20.2 Å². The molecule has 4 heterocycles. The van der Waals surface area contributed by atoms with Gasteiger partial charge < -0.3 is 19.7 Å². The van der Waals surface area contributed by atoms with Gasteiger partial charge in [0, 0.05) is 61.6 Å². The van der Waals surface area contributed by atoms with Gasteiger partial charge in [-0.15, -0.1) is 0 Å². The largest absolute Gasteiger partial charge is 0.744 e. The van der Waals surface area contributed by atoms with Gasteiger partial charge in [-0.1, -0.05) is 112 Å². The lowest BCUT2D eigenvalue weighted by molar-refractivity contribution is -0.718. The number of hydrogen-bond donors (Lipinski definition) is 2. The fourth-order valence-corrected chi connectivity index (χ4v) is 11.4. The lowest BCUT2D eigenvalue weighted by Crippen LogP contribution is -2.40. The number of hydrogen-bond acceptors (Lipinski definition) is 14. The Labute approximate surface area is 461 Å². The molecule has 20 heteroatoms. The van der Waals surface area contributed by atoms with Crippen LogP contribution in [0.25, 0.3) is 0 Å². The van der Waals surface area contributed by atoms with Crippen molar-refractivity contribution in [2.45, 2.75) is 190 Å². The van der Waals surface area contributed by atoms with E-state index in [1.807, 2.05) is 48.9 Å². The fourth-order valence-electron chi connectivity index (χ4n) is 8.42. The first-order valence-electron chi connectivity index (χ1n) is 27.1. The van der Waals surface area contributed by atoms with Crippen molar-refractivity contribution < 1.29 is 35.1 Å². The lowest BCUT2D eigenvalue weighted by Gasteiger charge is -2.13. The van der Waals surface area contributed by atoms with Gasteiger partial charge in [0.05, 0.1) is 23.9 Å². The Bertz CT molecular complexity index is 2820. The molecule has 1 aliphatic rings. The van der Waals surface area contributed by atoms with E-state index in [-0.39, 0.29) is 21.0 Å². The summed E-state index contributed by atoms with van der Waals surface area (Å²) in [6.07, 6.45) is 22.1. The lowest BCUT2D eigenvalue weighted by atomic mass is 10.1. The molecule has 0 fully saturated rings. The molecule has 0 spiro atoms. The highest BCUT2D eigenvalue weighted by Gasteiger charge is 2.18. The number of aryl methyl sites for hydroxylation is 5. The van der Waals surface area contributed by atoms with E-state index in [0.717, 1.165) is 115 Å². The molecule has 0 atom stereocenters. The standard InChI is InChI=1S/C42H68N8O2S2.2C7H8O3S/c1-34-31-37-43-25-19-18-20-26-44-38-32-35(2)48(5)41(46-38)54-30-24-17-13-9-7-11-15-22-28-50-39(51)33-36(3)49(42(50)52)27-21-14-10-6-8-12-16-23-29-53-40(45-37)47(34)4;2*1-6-2-4-7(5-3-6)11(8,9)10/h31-33H,6-30H2,1-5H3;2*2-5H,1H3,(H,8,9,10). The van der Waals surface area contributed by atoms with Crippen molar-refractivity contribution in [2.24, 2.45) is 14.1 Å². The normalized spacial score (nSPS) is 16.1. The number of rotatable bonds is 2. The summed E-state index contributed by atoms with van der Waals surface area (Å²) in [5.74, 6) is 4.11. The van der Waals surface area contributed by atoms with Gasteiger partial charge in [-0.2, -0.15) is 0 Å². The highest BCUT2D eigenvalue weighted by Crippen LogP contribution is 2.21. The number of thioether (sulfide) groups is 2. The van der Waals surface area contributed by atoms with Crippen LogP contribution in [0.5, 0.6) is 0 Å². The van der Waals surface area contributed by atoms with Gasteiger partial charge in [0.2, 0.25) is 11.6 Å². The van der Waals surface area contributed by atoms with Crippen LogP contribution < -0.4 is 31.0 Å². The molecule has 0 saturated heterocycles. The van der Waals surface area contributed by atoms with E-state index in [1.165, 1.54) is 111 Å². The topological polar surface area (TPSA) is 216 Å². The van der Waals surface area contributed by atoms with E-state index >= 15 is 0 Å². The minimum absolute atomic E-state index is 0.131. The van der Waals surface area contributed by atoms with Crippen LogP contribution in [0.2, 0.25) is 0 Å². The van der Waals surface area contributed by atoms with Gasteiger partial charge in [0.25, 0.3) is 5.56 Å². The van der Waals surface area contributed by atoms with Crippen molar-refractivity contribution in [1.29, 1.82) is 0 Å². The highest BCUT2D eigenvalue weighted by molar-refractivity contribution is 7.99. The molecule has 5 aromatic rings. The molecule has 0 saturated carbocycles. The van der Waals surface area contributed by atoms with Crippen LogP contribution in [0.4, 0.5) is 11.6 Å². The average molecular weight is 1130 g/mol. The summed E-state index contributed by atoms with van der Waals surface area (Å²) < 4.78 is 70.0. The smallest absolute Gasteiger partial charge is 0.361 e. The number of nitrogens with one attached hydrogen (secondary N) is 2. The van der Waals surface area contributed by atoms with Crippen molar-refractivity contribution in [3.05, 3.63) is 116 Å². The van der Waals surface area contributed by atoms with Gasteiger partial charge >= 0.3 is 16.0 Å². The zero-order valence-electron chi connectivity index (χ0n) is 46.1. The van der Waals surface area contributed by atoms with Crippen LogP contribution >= 0.6 is 23.5 Å². The maximum absolute atomic E-state index is 13.3. The van der Waals surface area contributed by atoms with Gasteiger partial charge in [-0.05, 0) is 137 Å². The minimum Gasteiger partial charge on any atom is -0.744 e. The fraction of sp³-hybridized carbons (Fsp3) is 0.571. The van der Waals surface area contributed by atoms with Gasteiger partial charge in [0.15, 0.2) is 0 Å². The van der Waals surface area contributed by atoms with E-state index in [9.17, 15) is 35.5 Å². The van der Waals surface area contributed by atoms with Crippen LogP contribution in [0, 0.1) is 34.6 Å². The van der Waals surface area contributed by atoms with E-state index in [1.54, 1.807) is 30.3 Å². The highest BCUT2D eigenvalue weighted by atomic mass is 32.2. The molecular formula is C56H84N8O8S4. The van der Waals surface area contributed by atoms with Crippen LogP contribution in [0.1, 0.15) is 150 Å². The minimum atomic E-state index is -4.27. The molecule has 2 aromatic carbocycles. The summed E-state index contributed by atoms with van der Waals surface area (Å²) in [5.41, 5.74) is 4.79. The van der Waals surface area contributed by atoms with Gasteiger partial charge in [0.1, 0.15) is 31.6 Å². The molecule has 6 bridgehead atoms. The summed E-state index contributed by atoms with van der Waals surface area (Å²) in [4.78, 5) is 35.5. The molecule has 0 unspecified atom stereocenters. The van der Waals surface area contributed by atoms with Crippen LogP contribution in [0.15, 0.2) is 96.4 Å². The Balaban J connectivity index is 0.000000463. The summed E-state index contributed by atoms with van der Waals surface area (Å²) in [5, 5.41) is 9.31. The van der Waals surface area contributed by atoms with Gasteiger partial charge in [-0.25, -0.2) is 30.8 Å². The Kier molecular flexibility index (Phi) is 28.3. The number of benzene rings is 2. The van der Waals surface area contributed by atoms with Crippen molar-refractivity contribution >= 4 is 55.4 Å². The number of fused-ring (bicyclic) bond motifs is 6. The molecule has 2 N–H and O–H groups in total. The Morgan fingerprint density at radius 1 is 0.487 bits per heavy atom. The predicted molar refractivity (Wildman–Crippen MR) is 304 cm³/mol. The Hall–Kier alpha value is -4.60. The third-order valence-corrected chi connectivity index (χ3v) is 17.3. The third-order valence-electron chi connectivity index (χ3n) is 13.3. The zero-order chi connectivity index (χ0) is 55.5. The second-order valence-corrected chi connectivity index (χ2v) is 24.6. The summed E-state index contributed by atoms with van der Waals surface area (Å²) in [6, 6.07) is 17.5. The average Bonchev–Trinajstić information content (AvgIpc) is 3.36. The molecule has 420 valence electrons. The second kappa shape index (κ2) is 33.6. The number of nitrogens with zero attached hydrogens (tertiary/aromatic N) is 6. The molecule has 0 aliphatic carbocycles. The van der Waals surface area contributed by atoms with Crippen LogP contribution in [-0.2, 0) is 47.4 Å². The van der Waals surface area contributed by atoms with Crippen LogP contribution in [-0.4, -0.2) is 69.6 Å². The monoisotopic (exact) mass is 1120 g/mol. The predicted octanol–water partition coefficient (Wildman–Crippen LogP) is 10.0. The molecule has 1 aliphatic heterocycles. The van der Waals surface area contributed by atoms with E-state index in [2.05, 4.69) is 59.8 Å². The molecule has 76 heavy (non-hydrogen) atoms. The van der Waals surface area contributed by atoms with Crippen LogP contribution in [0.3, 0.4) is 0 Å².